The van der Waals surface area contributed by atoms with E-state index in [2.05, 4.69) is 10.5 Å². The summed E-state index contributed by atoms with van der Waals surface area (Å²) in [5, 5.41) is 19.3. The molecule has 102 valence electrons. The number of nitrogens with one attached hydrogen (secondary N) is 1. The molecule has 0 aliphatic carbocycles. The minimum Gasteiger partial charge on any atom is -0.395 e. The van der Waals surface area contributed by atoms with E-state index in [1.54, 1.807) is 24.3 Å². The van der Waals surface area contributed by atoms with Gasteiger partial charge in [-0.1, -0.05) is 5.16 Å². The maximum atomic E-state index is 12.1. The number of hydrogen-bond acceptors (Lipinski definition) is 5. The first-order valence-corrected chi connectivity index (χ1v) is 6.74. The van der Waals surface area contributed by atoms with Crippen molar-refractivity contribution in [1.29, 1.82) is 0 Å². The second kappa shape index (κ2) is 6.35. The molecule has 2 N–H and O–H groups in total. The Hall–Kier alpha value is -1.86. The van der Waals surface area contributed by atoms with Crippen LogP contribution in [0.15, 0.2) is 27.4 Å². The summed E-state index contributed by atoms with van der Waals surface area (Å²) >= 11 is 1.57. The van der Waals surface area contributed by atoms with Gasteiger partial charge in [-0.2, -0.15) is 11.3 Å². The number of nitrogens with zero attached hydrogens (tertiary/aromatic N) is 2. The second-order valence-electron chi connectivity index (χ2n) is 4.03. The molecule has 2 heterocycles. The first kappa shape index (κ1) is 13.6. The molecule has 0 fully saturated rings. The van der Waals surface area contributed by atoms with Crippen LogP contribution in [0.25, 0.3) is 0 Å². The number of carbonyl (C=O) groups is 1. The van der Waals surface area contributed by atoms with Gasteiger partial charge in [0, 0.05) is 19.2 Å². The van der Waals surface area contributed by atoms with Gasteiger partial charge in [-0.05, 0) is 29.3 Å². The lowest BCUT2D eigenvalue weighted by Crippen LogP contribution is -2.36. The highest BCUT2D eigenvalue weighted by atomic mass is 32.1. The van der Waals surface area contributed by atoms with Crippen molar-refractivity contribution in [2.24, 2.45) is 0 Å². The highest BCUT2D eigenvalue weighted by Crippen LogP contribution is 2.12. The van der Waals surface area contributed by atoms with E-state index in [1.807, 2.05) is 16.8 Å². The lowest BCUT2D eigenvalue weighted by atomic mass is 10.3. The highest BCUT2D eigenvalue weighted by molar-refractivity contribution is 7.07. The fourth-order valence-electron chi connectivity index (χ4n) is 1.59. The van der Waals surface area contributed by atoms with E-state index in [4.69, 9.17) is 9.63 Å². The lowest BCUT2D eigenvalue weighted by Gasteiger charge is -2.20. The first-order chi connectivity index (χ1) is 9.19. The molecular weight excluding hydrogens is 266 g/mol. The fraction of sp³-hybridized carbons (Fsp3) is 0.333. The van der Waals surface area contributed by atoms with Crippen LogP contribution >= 0.6 is 11.3 Å². The predicted octanol–water partition coefficient (Wildman–Crippen LogP) is 2.07. The van der Waals surface area contributed by atoms with E-state index in [9.17, 15) is 4.79 Å². The van der Waals surface area contributed by atoms with Crippen LogP contribution in [-0.2, 0) is 6.54 Å². The van der Waals surface area contributed by atoms with Crippen LogP contribution in [-0.4, -0.2) is 34.3 Å². The third-order valence-electron chi connectivity index (χ3n) is 2.47. The summed E-state index contributed by atoms with van der Waals surface area (Å²) in [5.74, 6) is 0.998. The summed E-state index contributed by atoms with van der Waals surface area (Å²) < 4.78 is 4.88. The Labute approximate surface area is 114 Å². The van der Waals surface area contributed by atoms with E-state index in [-0.39, 0.29) is 19.2 Å². The van der Waals surface area contributed by atoms with Crippen LogP contribution < -0.4 is 5.32 Å². The Kier molecular flexibility index (Phi) is 4.53. The van der Waals surface area contributed by atoms with Gasteiger partial charge in [0.05, 0.1) is 6.61 Å². The van der Waals surface area contributed by atoms with E-state index >= 15 is 0 Å². The van der Waals surface area contributed by atoms with Crippen LogP contribution in [0, 0.1) is 6.92 Å². The van der Waals surface area contributed by atoms with Crippen LogP contribution in [0.3, 0.4) is 0 Å². The number of rotatable bonds is 5. The molecule has 2 amide bonds. The summed E-state index contributed by atoms with van der Waals surface area (Å²) in [5.41, 5.74) is 1.03. The Balaban J connectivity index is 1.99. The SMILES string of the molecule is Cc1cc(NC(=O)N(CCO)Cc2ccsc2)no1. The third-order valence-corrected chi connectivity index (χ3v) is 3.21. The largest absolute Gasteiger partial charge is 0.395 e. The molecule has 2 rings (SSSR count). The normalized spacial score (nSPS) is 10.4. The molecule has 0 saturated carbocycles. The van der Waals surface area contributed by atoms with Gasteiger partial charge < -0.3 is 14.5 Å². The van der Waals surface area contributed by atoms with Gasteiger partial charge in [-0.25, -0.2) is 4.79 Å². The lowest BCUT2D eigenvalue weighted by molar-refractivity contribution is 0.185. The molecule has 2 aromatic heterocycles. The molecule has 7 heteroatoms. The summed E-state index contributed by atoms with van der Waals surface area (Å²) in [6.07, 6.45) is 0. The van der Waals surface area contributed by atoms with Crippen molar-refractivity contribution < 1.29 is 14.4 Å². The number of carbonyl (C=O) groups excluding carboxylic acids is 1. The number of aliphatic hydroxyl groups excluding tert-OH is 1. The van der Waals surface area contributed by atoms with Crippen molar-refractivity contribution >= 4 is 23.2 Å². The zero-order chi connectivity index (χ0) is 13.7. The predicted molar refractivity (Wildman–Crippen MR) is 72.1 cm³/mol. The van der Waals surface area contributed by atoms with Crippen molar-refractivity contribution in [3.63, 3.8) is 0 Å². The molecule has 0 radical (unpaired) electrons. The van der Waals surface area contributed by atoms with Crippen LogP contribution in [0.5, 0.6) is 0 Å². The Bertz CT molecular complexity index is 524. The van der Waals surface area contributed by atoms with E-state index in [0.717, 1.165) is 5.56 Å². The highest BCUT2D eigenvalue weighted by Gasteiger charge is 2.15. The molecule has 2 aromatic rings. The zero-order valence-electron chi connectivity index (χ0n) is 10.5. The Morgan fingerprint density at radius 3 is 3.05 bits per heavy atom. The summed E-state index contributed by atoms with van der Waals surface area (Å²) in [7, 11) is 0. The number of hydrogen-bond donors (Lipinski definition) is 2. The average molecular weight is 281 g/mol. The van der Waals surface area contributed by atoms with Crippen LogP contribution in [0.1, 0.15) is 11.3 Å². The van der Waals surface area contributed by atoms with Crippen molar-refractivity contribution in [2.75, 3.05) is 18.5 Å². The second-order valence-corrected chi connectivity index (χ2v) is 4.81. The van der Waals surface area contributed by atoms with Gasteiger partial charge in [-0.3, -0.25) is 5.32 Å². The van der Waals surface area contributed by atoms with Crippen molar-refractivity contribution in [1.82, 2.24) is 10.1 Å². The first-order valence-electron chi connectivity index (χ1n) is 5.80. The number of aliphatic hydroxyl groups is 1. The van der Waals surface area contributed by atoms with Gasteiger partial charge in [0.1, 0.15) is 5.76 Å². The van der Waals surface area contributed by atoms with Gasteiger partial charge in [0.25, 0.3) is 0 Å². The van der Waals surface area contributed by atoms with Crippen molar-refractivity contribution in [3.05, 3.63) is 34.2 Å². The molecule has 6 nitrogen and oxygen atoms in total. The standard InChI is InChI=1S/C12H15N3O3S/c1-9-6-11(14-18-9)13-12(17)15(3-4-16)7-10-2-5-19-8-10/h2,5-6,8,16H,3-4,7H2,1H3,(H,13,14,17). The molecular formula is C12H15N3O3S. The number of aryl methyl sites for hydroxylation is 1. The Morgan fingerprint density at radius 2 is 2.47 bits per heavy atom. The van der Waals surface area contributed by atoms with Gasteiger partial charge >= 0.3 is 6.03 Å². The number of anilines is 1. The summed E-state index contributed by atoms with van der Waals surface area (Å²) in [6, 6.07) is 3.27. The number of amides is 2. The van der Waals surface area contributed by atoms with E-state index in [0.29, 0.717) is 18.1 Å². The van der Waals surface area contributed by atoms with Crippen molar-refractivity contribution in [3.8, 4) is 0 Å². The minimum atomic E-state index is -0.312. The summed E-state index contributed by atoms with van der Waals surface area (Å²) in [6.45, 7) is 2.38. The number of aromatic nitrogens is 1. The fourth-order valence-corrected chi connectivity index (χ4v) is 2.25. The van der Waals surface area contributed by atoms with E-state index in [1.165, 1.54) is 4.90 Å². The molecule has 0 spiro atoms. The number of urea groups is 1. The molecule has 0 aliphatic heterocycles. The molecule has 0 aliphatic rings. The summed E-state index contributed by atoms with van der Waals surface area (Å²) in [4.78, 5) is 13.6. The minimum absolute atomic E-state index is 0.0879. The van der Waals surface area contributed by atoms with E-state index < -0.39 is 0 Å². The van der Waals surface area contributed by atoms with Crippen LogP contribution in [0.2, 0.25) is 0 Å². The Morgan fingerprint density at radius 1 is 1.63 bits per heavy atom. The maximum absolute atomic E-state index is 12.1. The molecule has 0 bridgehead atoms. The van der Waals surface area contributed by atoms with Gasteiger partial charge in [0.2, 0.25) is 0 Å². The van der Waals surface area contributed by atoms with Gasteiger partial charge in [-0.15, -0.1) is 0 Å². The molecule has 19 heavy (non-hydrogen) atoms. The maximum Gasteiger partial charge on any atom is 0.323 e. The molecule has 0 unspecified atom stereocenters. The smallest absolute Gasteiger partial charge is 0.323 e. The topological polar surface area (TPSA) is 78.6 Å². The number of thiophene rings is 1. The monoisotopic (exact) mass is 281 g/mol. The quantitative estimate of drug-likeness (QED) is 0.879. The van der Waals surface area contributed by atoms with Gasteiger partial charge in [0.15, 0.2) is 5.82 Å². The average Bonchev–Trinajstić information content (AvgIpc) is 3.01. The van der Waals surface area contributed by atoms with Crippen molar-refractivity contribution in [2.45, 2.75) is 13.5 Å². The molecule has 0 aromatic carbocycles. The van der Waals surface area contributed by atoms with Crippen LogP contribution in [0.4, 0.5) is 10.6 Å². The zero-order valence-corrected chi connectivity index (χ0v) is 11.3. The molecule has 0 atom stereocenters. The molecule has 0 saturated heterocycles. The third kappa shape index (κ3) is 3.80.